The molecule has 0 bridgehead atoms. The van der Waals surface area contributed by atoms with Crippen LogP contribution in [0.5, 0.6) is 0 Å². The summed E-state index contributed by atoms with van der Waals surface area (Å²) >= 11 is 0. The third kappa shape index (κ3) is 6.05. The Labute approximate surface area is 301 Å². The van der Waals surface area contributed by atoms with E-state index in [1.807, 2.05) is 24.9 Å². The zero-order valence-corrected chi connectivity index (χ0v) is 29.6. The molecule has 12 heteroatoms. The molecule has 3 aliphatic rings. The summed E-state index contributed by atoms with van der Waals surface area (Å²) in [5.74, 6) is 1.26. The summed E-state index contributed by atoms with van der Waals surface area (Å²) in [6.45, 7) is 4.97. The van der Waals surface area contributed by atoms with Crippen LogP contribution < -0.4 is 5.32 Å². The lowest BCUT2D eigenvalue weighted by molar-refractivity contribution is -0.135. The third-order valence-corrected chi connectivity index (χ3v) is 10.9. The van der Waals surface area contributed by atoms with Crippen molar-refractivity contribution in [2.75, 3.05) is 20.2 Å². The molecule has 1 unspecified atom stereocenters. The van der Waals surface area contributed by atoms with Gasteiger partial charge in [0.05, 0.1) is 36.8 Å². The number of ether oxygens (including phenoxy) is 1. The molecule has 3 atom stereocenters. The lowest BCUT2D eigenvalue weighted by Crippen LogP contribution is -2.51. The normalized spacial score (nSPS) is 18.8. The number of benzene rings is 3. The second-order valence-electron chi connectivity index (χ2n) is 14.5. The third-order valence-electron chi connectivity index (χ3n) is 10.9. The number of aryl methyl sites for hydroxylation is 2. The Kier molecular flexibility index (Phi) is 8.68. The molecule has 2 saturated heterocycles. The number of hydrogen-bond acceptors (Lipinski definition) is 6. The van der Waals surface area contributed by atoms with Crippen LogP contribution in [0.2, 0.25) is 0 Å². The molecule has 2 fully saturated rings. The van der Waals surface area contributed by atoms with Crippen molar-refractivity contribution in [3.05, 3.63) is 83.7 Å². The van der Waals surface area contributed by atoms with Crippen LogP contribution >= 0.6 is 0 Å². The number of nitrogens with zero attached hydrogens (tertiary/aromatic N) is 4. The number of rotatable bonds is 7. The number of methoxy groups -OCH3 is 1. The van der Waals surface area contributed by atoms with Gasteiger partial charge in [-0.05, 0) is 84.0 Å². The van der Waals surface area contributed by atoms with Gasteiger partial charge in [0.15, 0.2) is 0 Å². The van der Waals surface area contributed by atoms with Gasteiger partial charge in [0.2, 0.25) is 5.91 Å². The van der Waals surface area contributed by atoms with E-state index in [1.54, 1.807) is 0 Å². The second kappa shape index (κ2) is 13.5. The standard InChI is InChI=1S/C40H43N7O5/c1-22(2)34(45-39(49)52-3)38(48)46-16-4-6-32(46)36-41-21-31(43-36)28-11-10-24-18-23(8-9-25(24)20-28)26-12-14-29-27(19-26)13-15-30-35(29)44-37(42-30)33-7-5-17-47(33)40(50)51/h8-12,14,18-22,32-34H,4-7,13,15-17H2,1-3H3,(H,41,43)(H,42,44)(H,45,49)(H,50,51)/t32-,33?,34-/m0/s1. The molecule has 0 spiro atoms. The van der Waals surface area contributed by atoms with E-state index in [0.717, 1.165) is 100 Å². The highest BCUT2D eigenvalue weighted by atomic mass is 16.5. The fraction of sp³-hybridized carbons (Fsp3) is 0.375. The number of aromatic nitrogens is 4. The second-order valence-corrected chi connectivity index (χ2v) is 14.5. The zero-order chi connectivity index (χ0) is 36.1. The number of nitrogens with one attached hydrogen (secondary N) is 3. The molecule has 5 aromatic rings. The zero-order valence-electron chi connectivity index (χ0n) is 29.6. The molecule has 3 aromatic carbocycles. The van der Waals surface area contributed by atoms with Crippen molar-refractivity contribution in [3.8, 4) is 33.6 Å². The Morgan fingerprint density at radius 2 is 1.54 bits per heavy atom. The first-order valence-electron chi connectivity index (χ1n) is 18.1. The van der Waals surface area contributed by atoms with E-state index in [0.29, 0.717) is 13.1 Å². The maximum atomic E-state index is 13.6. The van der Waals surface area contributed by atoms with E-state index >= 15 is 0 Å². The molecule has 2 aromatic heterocycles. The molecule has 0 radical (unpaired) electrons. The number of carbonyl (C=O) groups is 3. The number of hydrogen-bond donors (Lipinski definition) is 4. The summed E-state index contributed by atoms with van der Waals surface area (Å²) in [5.41, 5.74) is 8.55. The quantitative estimate of drug-likeness (QED) is 0.139. The fourth-order valence-electron chi connectivity index (χ4n) is 8.18. The van der Waals surface area contributed by atoms with Crippen LogP contribution in [0.1, 0.15) is 74.5 Å². The summed E-state index contributed by atoms with van der Waals surface area (Å²) in [4.78, 5) is 57.2. The summed E-state index contributed by atoms with van der Waals surface area (Å²) in [6, 6.07) is 18.4. The predicted octanol–water partition coefficient (Wildman–Crippen LogP) is 7.24. The van der Waals surface area contributed by atoms with Gasteiger partial charge in [0.25, 0.3) is 0 Å². The Balaban J connectivity index is 0.999. The average molecular weight is 702 g/mol. The number of H-pyrrole nitrogens is 2. The monoisotopic (exact) mass is 701 g/mol. The molecule has 52 heavy (non-hydrogen) atoms. The molecular weight excluding hydrogens is 658 g/mol. The molecular formula is C40H43N7O5. The highest BCUT2D eigenvalue weighted by molar-refractivity contribution is 5.91. The predicted molar refractivity (Wildman–Crippen MR) is 197 cm³/mol. The van der Waals surface area contributed by atoms with Crippen molar-refractivity contribution < 1.29 is 24.2 Å². The van der Waals surface area contributed by atoms with Crippen LogP contribution in [0.25, 0.3) is 44.4 Å². The number of carbonyl (C=O) groups excluding carboxylic acids is 2. The lowest BCUT2D eigenvalue weighted by Gasteiger charge is -2.30. The number of likely N-dealkylation sites (tertiary alicyclic amines) is 2. The van der Waals surface area contributed by atoms with Crippen molar-refractivity contribution in [3.63, 3.8) is 0 Å². The first-order chi connectivity index (χ1) is 25.2. The SMILES string of the molecule is COC(=O)N[C@H](C(=O)N1CCC[C@H]1c1ncc(-c2ccc3cc(-c4ccc5c(c4)CCc4[nH]c(C6CCCN6C(=O)O)nc4-5)ccc3c2)[nH]1)C(C)C. The molecule has 3 amide bonds. The average Bonchev–Trinajstić information content (AvgIpc) is 3.98. The van der Waals surface area contributed by atoms with Gasteiger partial charge in [0.1, 0.15) is 17.7 Å². The van der Waals surface area contributed by atoms with E-state index in [-0.39, 0.29) is 23.9 Å². The van der Waals surface area contributed by atoms with Crippen molar-refractivity contribution in [1.82, 2.24) is 35.1 Å². The first-order valence-corrected chi connectivity index (χ1v) is 18.1. The van der Waals surface area contributed by atoms with E-state index < -0.39 is 18.2 Å². The topological polar surface area (TPSA) is 157 Å². The van der Waals surface area contributed by atoms with Crippen molar-refractivity contribution in [2.24, 2.45) is 5.92 Å². The van der Waals surface area contributed by atoms with E-state index in [9.17, 15) is 19.5 Å². The summed E-state index contributed by atoms with van der Waals surface area (Å²) < 4.78 is 4.76. The van der Waals surface area contributed by atoms with Gasteiger partial charge in [-0.2, -0.15) is 0 Å². The maximum Gasteiger partial charge on any atom is 0.407 e. The van der Waals surface area contributed by atoms with Gasteiger partial charge in [0, 0.05) is 29.9 Å². The maximum absolute atomic E-state index is 13.6. The van der Waals surface area contributed by atoms with Crippen molar-refractivity contribution in [1.29, 1.82) is 0 Å². The molecule has 0 saturated carbocycles. The number of carboxylic acid groups (broad SMARTS) is 1. The van der Waals surface area contributed by atoms with Crippen LogP contribution in [0, 0.1) is 5.92 Å². The highest BCUT2D eigenvalue weighted by Crippen LogP contribution is 2.39. The van der Waals surface area contributed by atoms with Crippen LogP contribution in [0.3, 0.4) is 0 Å². The van der Waals surface area contributed by atoms with E-state index in [2.05, 4.69) is 69.9 Å². The summed E-state index contributed by atoms with van der Waals surface area (Å²) in [5, 5.41) is 14.6. The Morgan fingerprint density at radius 3 is 2.27 bits per heavy atom. The molecule has 1 aliphatic carbocycles. The smallest absolute Gasteiger partial charge is 0.407 e. The number of imidazole rings is 2. The minimum Gasteiger partial charge on any atom is -0.465 e. The number of amides is 3. The van der Waals surface area contributed by atoms with Crippen LogP contribution in [0.4, 0.5) is 9.59 Å². The van der Waals surface area contributed by atoms with Crippen LogP contribution in [0.15, 0.2) is 60.8 Å². The van der Waals surface area contributed by atoms with Crippen LogP contribution in [-0.2, 0) is 22.4 Å². The van der Waals surface area contributed by atoms with Gasteiger partial charge >= 0.3 is 12.2 Å². The number of aromatic amines is 2. The fourth-order valence-corrected chi connectivity index (χ4v) is 8.18. The lowest BCUT2D eigenvalue weighted by atomic mass is 9.89. The largest absolute Gasteiger partial charge is 0.465 e. The Hall–Kier alpha value is -5.65. The molecule has 2 aliphatic heterocycles. The van der Waals surface area contributed by atoms with E-state index in [1.165, 1.54) is 17.6 Å². The van der Waals surface area contributed by atoms with Crippen molar-refractivity contribution in [2.45, 2.75) is 70.5 Å². The Bertz CT molecular complexity index is 2190. The summed E-state index contributed by atoms with van der Waals surface area (Å²) in [6.07, 6.45) is 5.34. The van der Waals surface area contributed by atoms with Gasteiger partial charge in [-0.3, -0.25) is 9.69 Å². The number of fused-ring (bicyclic) bond motifs is 4. The minimum atomic E-state index is -0.891. The van der Waals surface area contributed by atoms with Crippen molar-refractivity contribution >= 4 is 28.9 Å². The highest BCUT2D eigenvalue weighted by Gasteiger charge is 2.38. The minimum absolute atomic E-state index is 0.0968. The van der Waals surface area contributed by atoms with E-state index in [4.69, 9.17) is 14.7 Å². The molecule has 4 heterocycles. The molecule has 12 nitrogen and oxygen atoms in total. The first kappa shape index (κ1) is 33.5. The van der Waals surface area contributed by atoms with Gasteiger partial charge in [-0.15, -0.1) is 0 Å². The molecule has 4 N–H and O–H groups in total. The summed E-state index contributed by atoms with van der Waals surface area (Å²) in [7, 11) is 1.30. The number of alkyl carbamates (subject to hydrolysis) is 1. The van der Waals surface area contributed by atoms with Crippen LogP contribution in [-0.4, -0.2) is 79.2 Å². The Morgan fingerprint density at radius 1 is 0.865 bits per heavy atom. The van der Waals surface area contributed by atoms with Gasteiger partial charge < -0.3 is 30.0 Å². The van der Waals surface area contributed by atoms with Gasteiger partial charge in [-0.25, -0.2) is 19.6 Å². The molecule has 8 rings (SSSR count). The van der Waals surface area contributed by atoms with Gasteiger partial charge in [-0.1, -0.05) is 56.3 Å². The molecule has 268 valence electrons.